The van der Waals surface area contributed by atoms with Gasteiger partial charge in [-0.05, 0) is 24.3 Å². The summed E-state index contributed by atoms with van der Waals surface area (Å²) >= 11 is 12.3. The molecule has 0 unspecified atom stereocenters. The van der Waals surface area contributed by atoms with Crippen LogP contribution in [0.1, 0.15) is 11.1 Å². The van der Waals surface area contributed by atoms with Gasteiger partial charge in [0.15, 0.2) is 5.70 Å². The summed E-state index contributed by atoms with van der Waals surface area (Å²) in [6.45, 7) is 0. The van der Waals surface area contributed by atoms with E-state index in [1.54, 1.807) is 41.2 Å². The van der Waals surface area contributed by atoms with Crippen molar-refractivity contribution in [1.82, 2.24) is 14.3 Å². The Kier molecular flexibility index (Phi) is 6.07. The van der Waals surface area contributed by atoms with Crippen LogP contribution in [0.15, 0.2) is 59.2 Å². The van der Waals surface area contributed by atoms with Gasteiger partial charge in [-0.3, -0.25) is 0 Å². The first-order valence-electron chi connectivity index (χ1n) is 8.29. The Bertz CT molecular complexity index is 1250. The summed E-state index contributed by atoms with van der Waals surface area (Å²) in [5, 5.41) is 21.6. The number of nitrogens with two attached hydrogens (primary N) is 1. The van der Waals surface area contributed by atoms with E-state index in [2.05, 4.69) is 10.1 Å². The highest BCUT2D eigenvalue weighted by Gasteiger charge is 2.32. The number of hydrogen-bond donors (Lipinski definition) is 1. The van der Waals surface area contributed by atoms with Crippen LogP contribution in [0.2, 0.25) is 10.0 Å². The van der Waals surface area contributed by atoms with Crippen LogP contribution < -0.4 is 5.73 Å². The number of alkyl halides is 3. The maximum absolute atomic E-state index is 13.1. The maximum atomic E-state index is 13.1. The lowest BCUT2D eigenvalue weighted by Gasteiger charge is -2.15. The van der Waals surface area contributed by atoms with Crippen molar-refractivity contribution in [3.05, 3.63) is 75.4 Å². The quantitative estimate of drug-likeness (QED) is 0.449. The summed E-state index contributed by atoms with van der Waals surface area (Å²) < 4.78 is 42.0. The second-order valence-electron chi connectivity index (χ2n) is 5.96. The largest absolute Gasteiger partial charge is 0.416 e. The predicted molar refractivity (Wildman–Crippen MR) is 108 cm³/mol. The second kappa shape index (κ2) is 8.56. The third kappa shape index (κ3) is 4.40. The molecule has 0 bridgehead atoms. The SMILES string of the molecule is N#C/C(N)=C(C#N)/N=C/c1cnn(-c2c(Cl)cc(C(F)(F)F)cc2Cl)c1-n1cccc1. The van der Waals surface area contributed by atoms with Crippen LogP contribution in [0.5, 0.6) is 0 Å². The third-order valence-corrected chi connectivity index (χ3v) is 4.57. The van der Waals surface area contributed by atoms with Crippen LogP contribution in [0.25, 0.3) is 11.5 Å². The van der Waals surface area contributed by atoms with Crippen LogP contribution >= 0.6 is 23.2 Å². The molecule has 0 aliphatic rings. The van der Waals surface area contributed by atoms with Gasteiger partial charge in [0.25, 0.3) is 0 Å². The molecule has 3 rings (SSSR count). The molecule has 2 N–H and O–H groups in total. The monoisotopic (exact) mass is 463 g/mol. The first-order valence-corrected chi connectivity index (χ1v) is 9.05. The van der Waals surface area contributed by atoms with E-state index in [0.29, 0.717) is 11.4 Å². The molecule has 3 aromatic rings. The van der Waals surface area contributed by atoms with Gasteiger partial charge in [0.2, 0.25) is 0 Å². The molecule has 0 saturated carbocycles. The minimum atomic E-state index is -4.63. The first kappa shape index (κ1) is 22.0. The smallest absolute Gasteiger partial charge is 0.388 e. The zero-order valence-electron chi connectivity index (χ0n) is 15.3. The molecule has 2 aromatic heterocycles. The fourth-order valence-electron chi connectivity index (χ4n) is 2.62. The van der Waals surface area contributed by atoms with Crippen LogP contribution in [-0.2, 0) is 6.18 Å². The van der Waals surface area contributed by atoms with E-state index in [-0.39, 0.29) is 27.1 Å². The van der Waals surface area contributed by atoms with Gasteiger partial charge in [-0.15, -0.1) is 0 Å². The number of hydrogen-bond acceptors (Lipinski definition) is 5. The summed E-state index contributed by atoms with van der Waals surface area (Å²) in [7, 11) is 0. The molecule has 31 heavy (non-hydrogen) atoms. The molecular formula is C19H10Cl2F3N7. The van der Waals surface area contributed by atoms with Crippen LogP contribution in [-0.4, -0.2) is 20.6 Å². The van der Waals surface area contributed by atoms with E-state index in [4.69, 9.17) is 39.5 Å². The minimum absolute atomic E-state index is 0.0206. The Labute approximate surface area is 183 Å². The van der Waals surface area contributed by atoms with Gasteiger partial charge in [-0.25, -0.2) is 9.67 Å². The van der Waals surface area contributed by atoms with Crippen molar-refractivity contribution in [2.24, 2.45) is 10.7 Å². The molecule has 0 fully saturated rings. The molecule has 0 aliphatic heterocycles. The first-order chi connectivity index (χ1) is 14.7. The maximum Gasteiger partial charge on any atom is 0.416 e. The molecule has 0 amide bonds. The number of aromatic nitrogens is 3. The van der Waals surface area contributed by atoms with Gasteiger partial charge >= 0.3 is 6.18 Å². The van der Waals surface area contributed by atoms with E-state index in [1.807, 2.05) is 0 Å². The Balaban J connectivity index is 2.21. The summed E-state index contributed by atoms with van der Waals surface area (Å²) in [4.78, 5) is 3.92. The van der Waals surface area contributed by atoms with E-state index in [0.717, 1.165) is 12.1 Å². The molecule has 0 radical (unpaired) electrons. The summed E-state index contributed by atoms with van der Waals surface area (Å²) in [6.07, 6.45) is 1.27. The van der Waals surface area contributed by atoms with Crippen LogP contribution in [0.3, 0.4) is 0 Å². The topological polar surface area (TPSA) is 109 Å². The fourth-order valence-corrected chi connectivity index (χ4v) is 3.27. The van der Waals surface area contributed by atoms with Crippen molar-refractivity contribution >= 4 is 29.4 Å². The van der Waals surface area contributed by atoms with E-state index >= 15 is 0 Å². The normalized spacial score (nSPS) is 12.5. The highest BCUT2D eigenvalue weighted by molar-refractivity contribution is 6.38. The van der Waals surface area contributed by atoms with Gasteiger partial charge in [-0.2, -0.15) is 28.8 Å². The second-order valence-corrected chi connectivity index (χ2v) is 6.77. The van der Waals surface area contributed by atoms with Crippen molar-refractivity contribution in [3.8, 4) is 23.6 Å². The molecule has 2 heterocycles. The lowest BCUT2D eigenvalue weighted by molar-refractivity contribution is -0.137. The standard InChI is InChI=1S/C19H10Cl2F3N7/c20-13-5-12(19(22,23)24)6-14(21)17(13)31-18(30-3-1-2-4-30)11(10-29-31)9-28-16(8-26)15(27)7-25/h1-6,9-10H,27H2/b16-15-,28-9+. The zero-order valence-corrected chi connectivity index (χ0v) is 16.8. The van der Waals surface area contributed by atoms with Gasteiger partial charge < -0.3 is 10.3 Å². The summed E-state index contributed by atoms with van der Waals surface area (Å²) in [5.41, 5.74) is 4.13. The number of halogens is 5. The van der Waals surface area contributed by atoms with E-state index in [1.165, 1.54) is 17.1 Å². The van der Waals surface area contributed by atoms with E-state index < -0.39 is 11.7 Å². The molecule has 12 heteroatoms. The summed E-state index contributed by atoms with van der Waals surface area (Å²) in [5.74, 6) is 0.324. The van der Waals surface area contributed by atoms with Gasteiger partial charge in [-0.1, -0.05) is 23.2 Å². The molecule has 0 spiro atoms. The Morgan fingerprint density at radius 1 is 1.13 bits per heavy atom. The molecule has 0 aliphatic carbocycles. The highest BCUT2D eigenvalue weighted by Crippen LogP contribution is 2.38. The van der Waals surface area contributed by atoms with Gasteiger partial charge in [0.05, 0.1) is 27.4 Å². The van der Waals surface area contributed by atoms with Crippen molar-refractivity contribution < 1.29 is 13.2 Å². The number of rotatable bonds is 4. The highest BCUT2D eigenvalue weighted by atomic mass is 35.5. The van der Waals surface area contributed by atoms with Crippen LogP contribution in [0.4, 0.5) is 13.2 Å². The molecule has 1 aromatic carbocycles. The molecule has 0 atom stereocenters. The van der Waals surface area contributed by atoms with Crippen molar-refractivity contribution in [2.45, 2.75) is 6.18 Å². The van der Waals surface area contributed by atoms with Crippen molar-refractivity contribution in [2.75, 3.05) is 0 Å². The fraction of sp³-hybridized carbons (Fsp3) is 0.0526. The average Bonchev–Trinajstić information content (AvgIpc) is 3.36. The molecule has 7 nitrogen and oxygen atoms in total. The Morgan fingerprint density at radius 2 is 1.74 bits per heavy atom. The lowest BCUT2D eigenvalue weighted by Crippen LogP contribution is -2.10. The number of nitrogens with zero attached hydrogens (tertiary/aromatic N) is 6. The Hall–Kier alpha value is -3.73. The van der Waals surface area contributed by atoms with Gasteiger partial charge in [0, 0.05) is 18.6 Å². The minimum Gasteiger partial charge on any atom is -0.388 e. The number of benzene rings is 1. The number of nitriles is 2. The van der Waals surface area contributed by atoms with E-state index in [9.17, 15) is 13.2 Å². The van der Waals surface area contributed by atoms with Crippen molar-refractivity contribution in [3.63, 3.8) is 0 Å². The number of allylic oxidation sites excluding steroid dienone is 2. The third-order valence-electron chi connectivity index (χ3n) is 3.99. The average molecular weight is 464 g/mol. The molecule has 0 saturated heterocycles. The van der Waals surface area contributed by atoms with Crippen LogP contribution in [0, 0.1) is 22.7 Å². The van der Waals surface area contributed by atoms with Crippen molar-refractivity contribution in [1.29, 1.82) is 10.5 Å². The van der Waals surface area contributed by atoms with Gasteiger partial charge in [0.1, 0.15) is 29.3 Å². The number of aliphatic imine (C=N–C) groups is 1. The lowest BCUT2D eigenvalue weighted by atomic mass is 10.2. The molecular weight excluding hydrogens is 454 g/mol. The predicted octanol–water partition coefficient (Wildman–Crippen LogP) is 4.62. The summed E-state index contributed by atoms with van der Waals surface area (Å²) in [6, 6.07) is 8.26. The zero-order chi connectivity index (χ0) is 22.8. The molecule has 156 valence electrons. The Morgan fingerprint density at radius 3 is 2.26 bits per heavy atom.